The number of carboxylic acids is 1. The van der Waals surface area contributed by atoms with Crippen molar-refractivity contribution in [3.05, 3.63) is 48.3 Å². The zero-order valence-corrected chi connectivity index (χ0v) is 13.4. The van der Waals surface area contributed by atoms with Crippen molar-refractivity contribution in [3.63, 3.8) is 0 Å². The molecule has 1 fully saturated rings. The van der Waals surface area contributed by atoms with E-state index < -0.39 is 5.97 Å². The van der Waals surface area contributed by atoms with Gasteiger partial charge in [-0.15, -0.1) is 0 Å². The Morgan fingerprint density at radius 3 is 3.04 bits per heavy atom. The van der Waals surface area contributed by atoms with Crippen molar-refractivity contribution in [3.8, 4) is 11.3 Å². The first-order chi connectivity index (χ1) is 11.7. The van der Waals surface area contributed by atoms with E-state index in [1.807, 2.05) is 24.3 Å². The normalized spacial score (nSPS) is 15.4. The molecule has 0 saturated carbocycles. The third-order valence-electron chi connectivity index (χ3n) is 3.89. The Balaban J connectivity index is 1.85. The van der Waals surface area contributed by atoms with E-state index >= 15 is 0 Å². The van der Waals surface area contributed by atoms with E-state index in [9.17, 15) is 4.79 Å². The summed E-state index contributed by atoms with van der Waals surface area (Å²) in [5, 5.41) is 12.1. The summed E-state index contributed by atoms with van der Waals surface area (Å²) in [7, 11) is 0. The van der Waals surface area contributed by atoms with Crippen LogP contribution in [0.2, 0.25) is 0 Å². The van der Waals surface area contributed by atoms with E-state index in [0.717, 1.165) is 61.3 Å². The summed E-state index contributed by atoms with van der Waals surface area (Å²) >= 11 is 0. The van der Waals surface area contributed by atoms with Gasteiger partial charge in [0.05, 0.1) is 18.1 Å². The van der Waals surface area contributed by atoms with Crippen LogP contribution in [0.25, 0.3) is 17.3 Å². The van der Waals surface area contributed by atoms with Crippen LogP contribution in [0, 0.1) is 0 Å². The van der Waals surface area contributed by atoms with Crippen molar-refractivity contribution in [1.29, 1.82) is 0 Å². The summed E-state index contributed by atoms with van der Waals surface area (Å²) in [5.41, 5.74) is 2.53. The Morgan fingerprint density at radius 1 is 1.25 bits per heavy atom. The average molecular weight is 324 g/mol. The zero-order chi connectivity index (χ0) is 16.8. The highest BCUT2D eigenvalue weighted by molar-refractivity contribution is 5.85. The fourth-order valence-corrected chi connectivity index (χ4v) is 2.69. The Hall–Kier alpha value is -2.73. The largest absolute Gasteiger partial charge is 0.478 e. The van der Waals surface area contributed by atoms with E-state index in [4.69, 9.17) is 10.1 Å². The number of carbonyl (C=O) groups is 1. The summed E-state index contributed by atoms with van der Waals surface area (Å²) in [6.07, 6.45) is 7.32. The molecular formula is C18H20N4O2. The maximum Gasteiger partial charge on any atom is 0.328 e. The molecule has 2 N–H and O–H groups in total. The summed E-state index contributed by atoms with van der Waals surface area (Å²) < 4.78 is 0. The van der Waals surface area contributed by atoms with Crippen LogP contribution in [0.15, 0.2) is 42.7 Å². The van der Waals surface area contributed by atoms with E-state index in [1.165, 1.54) is 0 Å². The topological polar surface area (TPSA) is 78.3 Å². The number of nitrogens with zero attached hydrogens (tertiary/aromatic N) is 3. The van der Waals surface area contributed by atoms with Gasteiger partial charge in [0.25, 0.3) is 0 Å². The van der Waals surface area contributed by atoms with Crippen molar-refractivity contribution in [1.82, 2.24) is 15.3 Å². The Morgan fingerprint density at radius 2 is 2.17 bits per heavy atom. The maximum atomic E-state index is 10.7. The van der Waals surface area contributed by atoms with Gasteiger partial charge in [-0.25, -0.2) is 9.78 Å². The molecule has 2 aromatic rings. The SMILES string of the molecule is O=C(O)C=Cc1cccc(-c2cncc(N3CCCNCC3)n2)c1. The molecule has 3 rings (SSSR count). The van der Waals surface area contributed by atoms with Crippen LogP contribution in [-0.4, -0.2) is 47.2 Å². The van der Waals surface area contributed by atoms with Gasteiger partial charge in [0.2, 0.25) is 0 Å². The molecule has 1 aromatic heterocycles. The fourth-order valence-electron chi connectivity index (χ4n) is 2.69. The molecule has 1 saturated heterocycles. The predicted octanol–water partition coefficient (Wildman–Crippen LogP) is 2.04. The van der Waals surface area contributed by atoms with Gasteiger partial charge in [-0.2, -0.15) is 0 Å². The van der Waals surface area contributed by atoms with Crippen molar-refractivity contribution in [2.24, 2.45) is 0 Å². The molecule has 1 aliphatic heterocycles. The second-order valence-corrected chi connectivity index (χ2v) is 5.65. The number of aromatic nitrogens is 2. The smallest absolute Gasteiger partial charge is 0.328 e. The van der Waals surface area contributed by atoms with Crippen LogP contribution < -0.4 is 10.2 Å². The predicted molar refractivity (Wildman–Crippen MR) is 93.8 cm³/mol. The monoisotopic (exact) mass is 324 g/mol. The Kier molecular flexibility index (Phi) is 5.18. The minimum absolute atomic E-state index is 0.787. The molecule has 124 valence electrons. The first-order valence-electron chi connectivity index (χ1n) is 8.01. The van der Waals surface area contributed by atoms with E-state index in [0.29, 0.717) is 0 Å². The minimum atomic E-state index is -0.961. The average Bonchev–Trinajstić information content (AvgIpc) is 2.90. The number of nitrogens with one attached hydrogen (secondary N) is 1. The van der Waals surface area contributed by atoms with Crippen molar-refractivity contribution >= 4 is 17.9 Å². The maximum absolute atomic E-state index is 10.7. The highest BCUT2D eigenvalue weighted by Gasteiger charge is 2.12. The van der Waals surface area contributed by atoms with Crippen LogP contribution in [0.1, 0.15) is 12.0 Å². The van der Waals surface area contributed by atoms with Crippen LogP contribution in [0.5, 0.6) is 0 Å². The lowest BCUT2D eigenvalue weighted by atomic mass is 10.1. The summed E-state index contributed by atoms with van der Waals surface area (Å²) in [4.78, 5) is 22.0. The number of hydrogen-bond acceptors (Lipinski definition) is 5. The molecule has 0 spiro atoms. The second-order valence-electron chi connectivity index (χ2n) is 5.65. The number of anilines is 1. The number of aliphatic carboxylic acids is 1. The first kappa shape index (κ1) is 16.1. The lowest BCUT2D eigenvalue weighted by molar-refractivity contribution is -0.131. The molecule has 0 aliphatic carbocycles. The van der Waals surface area contributed by atoms with E-state index in [2.05, 4.69) is 15.2 Å². The Bertz CT molecular complexity index is 737. The molecule has 24 heavy (non-hydrogen) atoms. The van der Waals surface area contributed by atoms with Crippen molar-refractivity contribution in [2.45, 2.75) is 6.42 Å². The second kappa shape index (κ2) is 7.70. The zero-order valence-electron chi connectivity index (χ0n) is 13.4. The van der Waals surface area contributed by atoms with Gasteiger partial charge in [-0.3, -0.25) is 4.98 Å². The Labute approximate surface area is 140 Å². The third kappa shape index (κ3) is 4.17. The van der Waals surface area contributed by atoms with Gasteiger partial charge in [0.15, 0.2) is 0 Å². The lowest BCUT2D eigenvalue weighted by Crippen LogP contribution is -2.28. The number of benzene rings is 1. The van der Waals surface area contributed by atoms with Gasteiger partial charge in [0.1, 0.15) is 5.82 Å². The molecule has 0 unspecified atom stereocenters. The van der Waals surface area contributed by atoms with Gasteiger partial charge in [-0.1, -0.05) is 18.2 Å². The van der Waals surface area contributed by atoms with Gasteiger partial charge < -0.3 is 15.3 Å². The number of carboxylic acid groups (broad SMARTS) is 1. The van der Waals surface area contributed by atoms with Gasteiger partial charge >= 0.3 is 5.97 Å². The molecule has 1 aliphatic rings. The molecule has 6 nitrogen and oxygen atoms in total. The molecule has 0 radical (unpaired) electrons. The fraction of sp³-hybridized carbons (Fsp3) is 0.278. The summed E-state index contributed by atoms with van der Waals surface area (Å²) in [6.45, 7) is 3.86. The summed E-state index contributed by atoms with van der Waals surface area (Å²) in [6, 6.07) is 7.62. The van der Waals surface area contributed by atoms with E-state index in [-0.39, 0.29) is 0 Å². The summed E-state index contributed by atoms with van der Waals surface area (Å²) in [5.74, 6) is -0.0837. The molecular weight excluding hydrogens is 304 g/mol. The van der Waals surface area contributed by atoms with Gasteiger partial charge in [0, 0.05) is 31.3 Å². The molecule has 6 heteroatoms. The molecule has 1 aromatic carbocycles. The van der Waals surface area contributed by atoms with Crippen LogP contribution in [0.3, 0.4) is 0 Å². The van der Waals surface area contributed by atoms with Crippen LogP contribution >= 0.6 is 0 Å². The molecule has 0 bridgehead atoms. The highest BCUT2D eigenvalue weighted by atomic mass is 16.4. The molecule has 0 atom stereocenters. The molecule has 0 amide bonds. The van der Waals surface area contributed by atoms with E-state index in [1.54, 1.807) is 18.5 Å². The molecule has 2 heterocycles. The lowest BCUT2D eigenvalue weighted by Gasteiger charge is -2.21. The van der Waals surface area contributed by atoms with Crippen LogP contribution in [0.4, 0.5) is 5.82 Å². The van der Waals surface area contributed by atoms with Crippen LogP contribution in [-0.2, 0) is 4.79 Å². The van der Waals surface area contributed by atoms with Gasteiger partial charge in [-0.05, 0) is 30.7 Å². The number of hydrogen-bond donors (Lipinski definition) is 2. The van der Waals surface area contributed by atoms with Crippen molar-refractivity contribution in [2.75, 3.05) is 31.1 Å². The quantitative estimate of drug-likeness (QED) is 0.838. The van der Waals surface area contributed by atoms with Crippen molar-refractivity contribution < 1.29 is 9.90 Å². The third-order valence-corrected chi connectivity index (χ3v) is 3.89. The number of rotatable bonds is 4. The highest BCUT2D eigenvalue weighted by Crippen LogP contribution is 2.21. The first-order valence-corrected chi connectivity index (χ1v) is 8.01. The standard InChI is InChI=1S/C18H20N4O2/c23-18(24)6-5-14-3-1-4-15(11-14)16-12-20-13-17(21-16)22-9-2-7-19-8-10-22/h1,3-6,11-13,19H,2,7-10H2,(H,23,24). The minimum Gasteiger partial charge on any atom is -0.478 e.